The van der Waals surface area contributed by atoms with Crippen LogP contribution in [-0.4, -0.2) is 28.5 Å². The predicted octanol–water partition coefficient (Wildman–Crippen LogP) is 5.59. The fraction of sp³-hybridized carbons (Fsp3) is 0.0800. The van der Waals surface area contributed by atoms with Gasteiger partial charge >= 0.3 is 0 Å². The van der Waals surface area contributed by atoms with Gasteiger partial charge in [-0.05, 0) is 53.2 Å². The Labute approximate surface area is 200 Å². The van der Waals surface area contributed by atoms with Gasteiger partial charge in [-0.2, -0.15) is 0 Å². The third-order valence-corrected chi connectivity index (χ3v) is 5.93. The van der Waals surface area contributed by atoms with Gasteiger partial charge in [-0.25, -0.2) is 0 Å². The number of anilines is 1. The van der Waals surface area contributed by atoms with Crippen molar-refractivity contribution in [3.05, 3.63) is 99.9 Å². The van der Waals surface area contributed by atoms with Crippen molar-refractivity contribution in [2.24, 2.45) is 0 Å². The zero-order valence-corrected chi connectivity index (χ0v) is 18.9. The molecular formula is C25H19ClN2O4S. The predicted molar refractivity (Wildman–Crippen MR) is 130 cm³/mol. The van der Waals surface area contributed by atoms with Crippen LogP contribution < -0.4 is 10.1 Å². The molecule has 166 valence electrons. The molecule has 3 aromatic rings. The maximum atomic E-state index is 12.7. The first-order valence-electron chi connectivity index (χ1n) is 10.1. The Morgan fingerprint density at radius 2 is 1.70 bits per heavy atom. The number of ether oxygens (including phenoxy) is 1. The second kappa shape index (κ2) is 10.4. The number of amides is 3. The van der Waals surface area contributed by atoms with Crippen LogP contribution in [-0.2, 0) is 16.2 Å². The molecule has 0 saturated carbocycles. The molecule has 0 bridgehead atoms. The van der Waals surface area contributed by atoms with Gasteiger partial charge in [0.2, 0.25) is 5.91 Å². The number of rotatable bonds is 7. The maximum absolute atomic E-state index is 12.7. The van der Waals surface area contributed by atoms with Gasteiger partial charge in [0.1, 0.15) is 18.9 Å². The number of nitrogens with zero attached hydrogens (tertiary/aromatic N) is 1. The highest BCUT2D eigenvalue weighted by molar-refractivity contribution is 8.18. The topological polar surface area (TPSA) is 75.7 Å². The summed E-state index contributed by atoms with van der Waals surface area (Å²) in [5, 5.41) is 2.56. The van der Waals surface area contributed by atoms with E-state index < -0.39 is 17.1 Å². The number of imide groups is 1. The fourth-order valence-electron chi connectivity index (χ4n) is 3.11. The first-order chi connectivity index (χ1) is 16.0. The van der Waals surface area contributed by atoms with E-state index in [4.69, 9.17) is 16.3 Å². The van der Waals surface area contributed by atoms with Crippen LogP contribution in [0.25, 0.3) is 6.08 Å². The summed E-state index contributed by atoms with van der Waals surface area (Å²) in [6, 6.07) is 23.7. The highest BCUT2D eigenvalue weighted by Crippen LogP contribution is 2.34. The first-order valence-corrected chi connectivity index (χ1v) is 11.3. The average Bonchev–Trinajstić information content (AvgIpc) is 3.07. The summed E-state index contributed by atoms with van der Waals surface area (Å²) < 4.78 is 5.76. The molecule has 0 aromatic heterocycles. The lowest BCUT2D eigenvalue weighted by atomic mass is 10.2. The van der Waals surface area contributed by atoms with Gasteiger partial charge in [0.05, 0.1) is 9.93 Å². The molecule has 0 spiro atoms. The van der Waals surface area contributed by atoms with Crippen LogP contribution in [0.3, 0.4) is 0 Å². The Morgan fingerprint density at radius 3 is 2.39 bits per heavy atom. The summed E-state index contributed by atoms with van der Waals surface area (Å²) in [6.45, 7) is 0.0216. The van der Waals surface area contributed by atoms with E-state index in [9.17, 15) is 14.4 Å². The minimum atomic E-state index is -0.520. The van der Waals surface area contributed by atoms with Gasteiger partial charge in [-0.15, -0.1) is 0 Å². The molecule has 0 aliphatic carbocycles. The van der Waals surface area contributed by atoms with Gasteiger partial charge in [-0.1, -0.05) is 66.2 Å². The average molecular weight is 479 g/mol. The summed E-state index contributed by atoms with van der Waals surface area (Å²) in [7, 11) is 0. The number of halogens is 1. The Hall–Kier alpha value is -3.55. The monoisotopic (exact) mass is 478 g/mol. The van der Waals surface area contributed by atoms with Crippen molar-refractivity contribution >= 4 is 52.2 Å². The molecule has 3 amide bonds. The minimum Gasteiger partial charge on any atom is -0.487 e. The smallest absolute Gasteiger partial charge is 0.294 e. The lowest BCUT2D eigenvalue weighted by Crippen LogP contribution is -2.36. The van der Waals surface area contributed by atoms with Crippen LogP contribution in [0, 0.1) is 0 Å². The van der Waals surface area contributed by atoms with Crippen LogP contribution in [0.1, 0.15) is 11.1 Å². The molecule has 1 saturated heterocycles. The number of para-hydroxylation sites is 1. The number of nitrogens with one attached hydrogen (secondary N) is 1. The highest BCUT2D eigenvalue weighted by atomic mass is 35.5. The molecule has 1 N–H and O–H groups in total. The van der Waals surface area contributed by atoms with E-state index in [-0.39, 0.29) is 11.4 Å². The molecular weight excluding hydrogens is 460 g/mol. The van der Waals surface area contributed by atoms with E-state index in [1.807, 2.05) is 36.4 Å². The molecule has 6 nitrogen and oxygen atoms in total. The van der Waals surface area contributed by atoms with Gasteiger partial charge in [0.15, 0.2) is 0 Å². The summed E-state index contributed by atoms with van der Waals surface area (Å²) in [5.74, 6) is -0.454. The number of carbonyl (C=O) groups is 3. The van der Waals surface area contributed by atoms with Crippen LogP contribution in [0.15, 0.2) is 83.8 Å². The summed E-state index contributed by atoms with van der Waals surface area (Å²) >= 11 is 7.13. The van der Waals surface area contributed by atoms with Crippen LogP contribution in [0.5, 0.6) is 5.75 Å². The van der Waals surface area contributed by atoms with E-state index in [0.29, 0.717) is 28.6 Å². The number of thioether (sulfide) groups is 1. The van der Waals surface area contributed by atoms with Crippen molar-refractivity contribution in [3.63, 3.8) is 0 Å². The number of benzene rings is 3. The quantitative estimate of drug-likeness (QED) is 0.448. The molecule has 0 atom stereocenters. The van der Waals surface area contributed by atoms with Crippen LogP contribution >= 0.6 is 23.4 Å². The number of hydrogen-bond donors (Lipinski definition) is 1. The van der Waals surface area contributed by atoms with Crippen molar-refractivity contribution in [2.75, 3.05) is 11.9 Å². The third-order valence-electron chi connectivity index (χ3n) is 4.72. The van der Waals surface area contributed by atoms with Crippen LogP contribution in [0.2, 0.25) is 5.02 Å². The Kier molecular flexibility index (Phi) is 7.12. The molecule has 1 aliphatic rings. The SMILES string of the molecule is O=C(CN1C(=O)S/C(=C\c2ccc(OCc3ccccc3)c(Cl)c2)C1=O)Nc1ccccc1. The van der Waals surface area contributed by atoms with E-state index in [1.54, 1.807) is 48.5 Å². The third kappa shape index (κ3) is 5.83. The Bertz CT molecular complexity index is 1220. The zero-order chi connectivity index (χ0) is 23.2. The van der Waals surface area contributed by atoms with E-state index in [0.717, 1.165) is 22.2 Å². The van der Waals surface area contributed by atoms with Crippen LogP contribution in [0.4, 0.5) is 10.5 Å². The van der Waals surface area contributed by atoms with Gasteiger partial charge in [0.25, 0.3) is 11.1 Å². The lowest BCUT2D eigenvalue weighted by Gasteiger charge is -2.12. The van der Waals surface area contributed by atoms with E-state index >= 15 is 0 Å². The van der Waals surface area contributed by atoms with Gasteiger partial charge in [-0.3, -0.25) is 19.3 Å². The van der Waals surface area contributed by atoms with Crippen molar-refractivity contribution in [1.29, 1.82) is 0 Å². The fourth-order valence-corrected chi connectivity index (χ4v) is 4.19. The lowest BCUT2D eigenvalue weighted by molar-refractivity contribution is -0.127. The van der Waals surface area contributed by atoms with E-state index in [1.165, 1.54) is 0 Å². The second-order valence-corrected chi connectivity index (χ2v) is 8.55. The molecule has 0 radical (unpaired) electrons. The number of hydrogen-bond acceptors (Lipinski definition) is 5. The molecule has 33 heavy (non-hydrogen) atoms. The maximum Gasteiger partial charge on any atom is 0.294 e. The first kappa shape index (κ1) is 22.6. The molecule has 8 heteroatoms. The zero-order valence-electron chi connectivity index (χ0n) is 17.4. The van der Waals surface area contributed by atoms with Gasteiger partial charge in [0, 0.05) is 5.69 Å². The normalized spacial score (nSPS) is 14.6. The summed E-state index contributed by atoms with van der Waals surface area (Å²) in [4.78, 5) is 38.4. The van der Waals surface area contributed by atoms with Crippen molar-refractivity contribution in [1.82, 2.24) is 4.90 Å². The largest absolute Gasteiger partial charge is 0.487 e. The molecule has 1 aliphatic heterocycles. The number of carbonyl (C=O) groups excluding carboxylic acids is 3. The molecule has 1 fully saturated rings. The standard InChI is InChI=1S/C25H19ClN2O4S/c26-20-13-18(11-12-21(20)32-16-17-7-3-1-4-8-17)14-22-24(30)28(25(31)33-22)15-23(29)27-19-9-5-2-6-10-19/h1-14H,15-16H2,(H,27,29)/b22-14-. The van der Waals surface area contributed by atoms with Crippen molar-refractivity contribution in [2.45, 2.75) is 6.61 Å². The van der Waals surface area contributed by atoms with Gasteiger partial charge < -0.3 is 10.1 Å². The van der Waals surface area contributed by atoms with Crippen molar-refractivity contribution < 1.29 is 19.1 Å². The minimum absolute atomic E-state index is 0.224. The molecule has 0 unspecified atom stereocenters. The van der Waals surface area contributed by atoms with Crippen molar-refractivity contribution in [3.8, 4) is 5.75 Å². The summed E-state index contributed by atoms with van der Waals surface area (Å²) in [5.41, 5.74) is 2.25. The Balaban J connectivity index is 1.40. The highest BCUT2D eigenvalue weighted by Gasteiger charge is 2.36. The molecule has 3 aromatic carbocycles. The van der Waals surface area contributed by atoms with E-state index in [2.05, 4.69) is 5.32 Å². The molecule has 1 heterocycles. The molecule has 4 rings (SSSR count). The second-order valence-electron chi connectivity index (χ2n) is 7.15. The Morgan fingerprint density at radius 1 is 1.00 bits per heavy atom. The summed E-state index contributed by atoms with van der Waals surface area (Å²) in [6.07, 6.45) is 1.58.